The van der Waals surface area contributed by atoms with Crippen LogP contribution in [0.5, 0.6) is 5.75 Å². The standard InChI is InChI=1S/C24H28N4O4/c1-14(2)32-21-10-19(27-23-16(21)5-7-31-24(23)6-8-30-13-24)18-12-28(4)20-11-25-22(9-17(18)20)26-15(3)29/h9-12,14H,5-8,13H2,1-4H3,(H,25,26,29). The van der Waals surface area contributed by atoms with Crippen molar-refractivity contribution in [3.05, 3.63) is 35.8 Å². The summed E-state index contributed by atoms with van der Waals surface area (Å²) in [5, 5.41) is 3.73. The smallest absolute Gasteiger partial charge is 0.222 e. The summed E-state index contributed by atoms with van der Waals surface area (Å²) in [5.41, 5.74) is 4.22. The van der Waals surface area contributed by atoms with Crippen molar-refractivity contribution in [2.45, 2.75) is 45.3 Å². The first-order valence-corrected chi connectivity index (χ1v) is 11.0. The summed E-state index contributed by atoms with van der Waals surface area (Å²) in [6, 6.07) is 3.92. The Morgan fingerprint density at radius 1 is 1.31 bits per heavy atom. The van der Waals surface area contributed by atoms with Crippen LogP contribution in [0.25, 0.3) is 22.2 Å². The largest absolute Gasteiger partial charge is 0.491 e. The molecule has 1 saturated heterocycles. The number of amides is 1. The van der Waals surface area contributed by atoms with E-state index in [4.69, 9.17) is 19.2 Å². The molecule has 2 aliphatic rings. The third-order valence-electron chi connectivity index (χ3n) is 6.05. The minimum Gasteiger partial charge on any atom is -0.491 e. The number of rotatable bonds is 4. The summed E-state index contributed by atoms with van der Waals surface area (Å²) in [5.74, 6) is 1.20. The van der Waals surface area contributed by atoms with E-state index in [1.165, 1.54) is 6.92 Å². The van der Waals surface area contributed by atoms with E-state index < -0.39 is 5.60 Å². The zero-order valence-electron chi connectivity index (χ0n) is 18.9. The highest BCUT2D eigenvalue weighted by atomic mass is 16.6. The summed E-state index contributed by atoms with van der Waals surface area (Å²) >= 11 is 0. The van der Waals surface area contributed by atoms with E-state index >= 15 is 0 Å². The first kappa shape index (κ1) is 20.9. The highest BCUT2D eigenvalue weighted by molar-refractivity contribution is 5.98. The van der Waals surface area contributed by atoms with Crippen molar-refractivity contribution in [2.24, 2.45) is 7.05 Å². The Kier molecular flexibility index (Phi) is 5.14. The fourth-order valence-electron chi connectivity index (χ4n) is 4.66. The van der Waals surface area contributed by atoms with Gasteiger partial charge in [-0.1, -0.05) is 0 Å². The molecule has 1 unspecified atom stereocenters. The van der Waals surface area contributed by atoms with Crippen molar-refractivity contribution >= 4 is 22.6 Å². The molecule has 8 heteroatoms. The average Bonchev–Trinajstić information content (AvgIpc) is 3.33. The Morgan fingerprint density at radius 3 is 2.88 bits per heavy atom. The molecule has 0 bridgehead atoms. The van der Waals surface area contributed by atoms with Crippen LogP contribution in [0.4, 0.5) is 5.82 Å². The molecule has 3 aromatic rings. The van der Waals surface area contributed by atoms with Crippen LogP contribution in [0.2, 0.25) is 0 Å². The summed E-state index contributed by atoms with van der Waals surface area (Å²) in [7, 11) is 1.98. The molecular formula is C24H28N4O4. The maximum Gasteiger partial charge on any atom is 0.222 e. The first-order valence-electron chi connectivity index (χ1n) is 11.0. The van der Waals surface area contributed by atoms with E-state index in [9.17, 15) is 4.79 Å². The summed E-state index contributed by atoms with van der Waals surface area (Å²) < 4.78 is 20.3. The quantitative estimate of drug-likeness (QED) is 0.673. The second-order valence-corrected chi connectivity index (χ2v) is 8.82. The molecule has 1 atom stereocenters. The van der Waals surface area contributed by atoms with E-state index in [1.807, 2.05) is 43.8 Å². The van der Waals surface area contributed by atoms with Crippen LogP contribution < -0.4 is 10.1 Å². The molecule has 168 valence electrons. The van der Waals surface area contributed by atoms with Crippen molar-refractivity contribution in [1.82, 2.24) is 14.5 Å². The van der Waals surface area contributed by atoms with Gasteiger partial charge in [0.2, 0.25) is 5.91 Å². The third-order valence-corrected chi connectivity index (χ3v) is 6.05. The van der Waals surface area contributed by atoms with Crippen LogP contribution >= 0.6 is 0 Å². The predicted molar refractivity (Wildman–Crippen MR) is 121 cm³/mol. The van der Waals surface area contributed by atoms with Crippen molar-refractivity contribution in [1.29, 1.82) is 0 Å². The zero-order valence-corrected chi connectivity index (χ0v) is 18.9. The van der Waals surface area contributed by atoms with Crippen molar-refractivity contribution in [2.75, 3.05) is 25.1 Å². The molecule has 0 aliphatic carbocycles. The van der Waals surface area contributed by atoms with Gasteiger partial charge in [0.15, 0.2) is 0 Å². The molecule has 32 heavy (non-hydrogen) atoms. The SMILES string of the molecule is CC(=O)Nc1cc2c(-c3cc(OC(C)C)c4c(n3)C3(CCOC3)OCC4)cn(C)c2cn1. The molecule has 0 radical (unpaired) electrons. The number of carbonyl (C=O) groups excluding carboxylic acids is 1. The van der Waals surface area contributed by atoms with Gasteiger partial charge in [0.1, 0.15) is 17.2 Å². The minimum atomic E-state index is -0.522. The Balaban J connectivity index is 1.71. The Bertz CT molecular complexity index is 1190. The fourth-order valence-corrected chi connectivity index (χ4v) is 4.66. The van der Waals surface area contributed by atoms with Gasteiger partial charge in [0.25, 0.3) is 0 Å². The normalized spacial score (nSPS) is 20.2. The number of fused-ring (bicyclic) bond motifs is 3. The minimum absolute atomic E-state index is 0.0380. The number of pyridine rings is 2. The average molecular weight is 437 g/mol. The number of aryl methyl sites for hydroxylation is 1. The molecule has 1 spiro atoms. The van der Waals surface area contributed by atoms with Crippen molar-refractivity contribution in [3.63, 3.8) is 0 Å². The number of nitrogens with zero attached hydrogens (tertiary/aromatic N) is 3. The van der Waals surface area contributed by atoms with Gasteiger partial charge in [0.05, 0.1) is 42.4 Å². The summed E-state index contributed by atoms with van der Waals surface area (Å²) in [6.45, 7) is 7.33. The first-order chi connectivity index (χ1) is 15.4. The molecule has 0 aromatic carbocycles. The van der Waals surface area contributed by atoms with Crippen LogP contribution in [0.3, 0.4) is 0 Å². The molecule has 8 nitrogen and oxygen atoms in total. The molecule has 3 aromatic heterocycles. The maximum atomic E-state index is 11.5. The number of carbonyl (C=O) groups is 1. The molecular weight excluding hydrogens is 408 g/mol. The summed E-state index contributed by atoms with van der Waals surface area (Å²) in [6.07, 6.45) is 5.39. The lowest BCUT2D eigenvalue weighted by molar-refractivity contribution is -0.114. The van der Waals surface area contributed by atoms with Gasteiger partial charge < -0.3 is 24.1 Å². The number of aromatic nitrogens is 3. The van der Waals surface area contributed by atoms with Gasteiger partial charge in [0, 0.05) is 62.2 Å². The molecule has 5 rings (SSSR count). The second-order valence-electron chi connectivity index (χ2n) is 8.82. The number of anilines is 1. The van der Waals surface area contributed by atoms with E-state index in [1.54, 1.807) is 6.20 Å². The molecule has 2 aliphatic heterocycles. The lowest BCUT2D eigenvalue weighted by Crippen LogP contribution is -2.37. The highest BCUT2D eigenvalue weighted by Gasteiger charge is 2.44. The van der Waals surface area contributed by atoms with Crippen LogP contribution in [0, 0.1) is 0 Å². The van der Waals surface area contributed by atoms with Gasteiger partial charge >= 0.3 is 0 Å². The molecule has 0 saturated carbocycles. The number of ether oxygens (including phenoxy) is 3. The van der Waals surface area contributed by atoms with E-state index in [-0.39, 0.29) is 12.0 Å². The topological polar surface area (TPSA) is 87.5 Å². The summed E-state index contributed by atoms with van der Waals surface area (Å²) in [4.78, 5) is 21.1. The molecule has 1 fully saturated rings. The molecule has 1 amide bonds. The van der Waals surface area contributed by atoms with Crippen molar-refractivity contribution < 1.29 is 19.0 Å². The number of hydrogen-bond acceptors (Lipinski definition) is 6. The second kappa shape index (κ2) is 7.86. The van der Waals surface area contributed by atoms with Crippen LogP contribution in [-0.2, 0) is 33.3 Å². The Hall–Kier alpha value is -2.97. The van der Waals surface area contributed by atoms with Gasteiger partial charge in [-0.05, 0) is 19.9 Å². The fraction of sp³-hybridized carbons (Fsp3) is 0.458. The van der Waals surface area contributed by atoms with E-state index in [2.05, 4.69) is 10.3 Å². The molecule has 5 heterocycles. The van der Waals surface area contributed by atoms with Gasteiger partial charge in [-0.3, -0.25) is 4.79 Å². The zero-order chi connectivity index (χ0) is 22.5. The number of nitrogens with one attached hydrogen (secondary N) is 1. The monoisotopic (exact) mass is 436 g/mol. The Morgan fingerprint density at radius 2 is 2.16 bits per heavy atom. The van der Waals surface area contributed by atoms with Crippen LogP contribution in [-0.4, -0.2) is 46.4 Å². The lowest BCUT2D eigenvalue weighted by Gasteiger charge is -2.35. The van der Waals surface area contributed by atoms with Crippen LogP contribution in [0.1, 0.15) is 38.4 Å². The van der Waals surface area contributed by atoms with Crippen LogP contribution in [0.15, 0.2) is 24.5 Å². The predicted octanol–water partition coefficient (Wildman–Crippen LogP) is 3.57. The highest BCUT2D eigenvalue weighted by Crippen LogP contribution is 2.44. The van der Waals surface area contributed by atoms with E-state index in [0.717, 1.165) is 52.0 Å². The van der Waals surface area contributed by atoms with Crippen molar-refractivity contribution in [3.8, 4) is 17.0 Å². The molecule has 1 N–H and O–H groups in total. The van der Waals surface area contributed by atoms with Gasteiger partial charge in [-0.2, -0.15) is 0 Å². The van der Waals surface area contributed by atoms with Gasteiger partial charge in [-0.15, -0.1) is 0 Å². The maximum absolute atomic E-state index is 11.5. The van der Waals surface area contributed by atoms with Gasteiger partial charge in [-0.25, -0.2) is 9.97 Å². The number of hydrogen-bond donors (Lipinski definition) is 1. The Labute approximate surface area is 186 Å². The van der Waals surface area contributed by atoms with E-state index in [0.29, 0.717) is 25.6 Å². The lowest BCUT2D eigenvalue weighted by atomic mass is 9.89. The third kappa shape index (κ3) is 3.53.